The van der Waals surface area contributed by atoms with Gasteiger partial charge in [0.25, 0.3) is 0 Å². The number of aliphatic hydroxyl groups is 5. The number of esters is 1. The highest BCUT2D eigenvalue weighted by Gasteiger charge is 2.51. The van der Waals surface area contributed by atoms with E-state index < -0.39 is 63.1 Å². The number of allylic oxidation sites excluding steroid dienone is 16. The number of carbonyl (C=O) groups excluding carboxylic acids is 1. The third-order valence-electron chi connectivity index (χ3n) is 10.5. The van der Waals surface area contributed by atoms with Crippen molar-refractivity contribution in [2.45, 2.75) is 198 Å². The summed E-state index contributed by atoms with van der Waals surface area (Å²) in [6.45, 7) is 3.95. The first-order valence-electron chi connectivity index (χ1n) is 24.1. The molecule has 1 aliphatic carbocycles. The van der Waals surface area contributed by atoms with Crippen molar-refractivity contribution in [2.24, 2.45) is 0 Å². The van der Waals surface area contributed by atoms with Gasteiger partial charge in [0, 0.05) is 13.0 Å². The van der Waals surface area contributed by atoms with Gasteiger partial charge in [-0.25, -0.2) is 4.57 Å². The molecule has 6 N–H and O–H groups in total. The van der Waals surface area contributed by atoms with Crippen molar-refractivity contribution >= 4 is 13.8 Å². The van der Waals surface area contributed by atoms with Crippen molar-refractivity contribution in [1.82, 2.24) is 0 Å². The molecule has 0 spiro atoms. The van der Waals surface area contributed by atoms with E-state index in [2.05, 4.69) is 111 Å². The largest absolute Gasteiger partial charge is 0.472 e. The number of hydrogen-bond acceptors (Lipinski definition) is 11. The van der Waals surface area contributed by atoms with E-state index in [-0.39, 0.29) is 13.0 Å². The summed E-state index contributed by atoms with van der Waals surface area (Å²) in [7, 11) is -5.04. The molecular weight excluding hydrogens is 836 g/mol. The minimum absolute atomic E-state index is 0.104. The molecule has 6 atom stereocenters. The molecule has 0 aromatic heterocycles. The fourth-order valence-electron chi connectivity index (χ4n) is 6.69. The molecule has 0 aliphatic heterocycles. The second-order valence-electron chi connectivity index (χ2n) is 16.2. The highest BCUT2D eigenvalue weighted by atomic mass is 31.2. The van der Waals surface area contributed by atoms with Gasteiger partial charge in [0.2, 0.25) is 0 Å². The Hall–Kier alpha value is -2.74. The van der Waals surface area contributed by atoms with E-state index in [1.165, 1.54) is 32.1 Å². The van der Waals surface area contributed by atoms with Gasteiger partial charge in [0.15, 0.2) is 0 Å². The predicted octanol–water partition coefficient (Wildman–Crippen LogP) is 10.3. The van der Waals surface area contributed by atoms with Crippen molar-refractivity contribution in [3.8, 4) is 0 Å². The quantitative estimate of drug-likeness (QED) is 0.0148. The fourth-order valence-corrected chi connectivity index (χ4v) is 7.66. The number of ether oxygens (including phenoxy) is 2. The number of phosphoric ester groups is 1. The van der Waals surface area contributed by atoms with Gasteiger partial charge in [0.05, 0.1) is 13.2 Å². The molecule has 0 heterocycles. The van der Waals surface area contributed by atoms with Gasteiger partial charge in [-0.1, -0.05) is 156 Å². The molecule has 0 radical (unpaired) electrons. The van der Waals surface area contributed by atoms with E-state index in [0.717, 1.165) is 96.3 Å². The summed E-state index contributed by atoms with van der Waals surface area (Å²) in [5, 5.41) is 50.2. The molecular formula is C51H85O12P. The molecule has 0 amide bonds. The minimum atomic E-state index is -5.04. The van der Waals surface area contributed by atoms with E-state index >= 15 is 0 Å². The first-order valence-corrected chi connectivity index (χ1v) is 25.6. The molecule has 64 heavy (non-hydrogen) atoms. The van der Waals surface area contributed by atoms with Crippen LogP contribution in [0.2, 0.25) is 0 Å². The smallest absolute Gasteiger partial charge is 0.457 e. The van der Waals surface area contributed by atoms with E-state index in [1.54, 1.807) is 0 Å². The van der Waals surface area contributed by atoms with Crippen LogP contribution in [0.1, 0.15) is 155 Å². The molecule has 0 saturated heterocycles. The topological polar surface area (TPSA) is 192 Å². The minimum Gasteiger partial charge on any atom is -0.457 e. The number of aliphatic hydroxyl groups excluding tert-OH is 5. The molecule has 12 nitrogen and oxygen atoms in total. The molecule has 366 valence electrons. The summed E-state index contributed by atoms with van der Waals surface area (Å²) in [5.41, 5.74) is 0. The first kappa shape index (κ1) is 59.3. The first-order chi connectivity index (χ1) is 31.0. The van der Waals surface area contributed by atoms with Crippen LogP contribution in [0.5, 0.6) is 0 Å². The van der Waals surface area contributed by atoms with Crippen LogP contribution in [0.15, 0.2) is 97.2 Å². The third-order valence-corrected chi connectivity index (χ3v) is 11.4. The van der Waals surface area contributed by atoms with Crippen LogP contribution in [0, 0.1) is 0 Å². The Bertz CT molecular complexity index is 1420. The van der Waals surface area contributed by atoms with Crippen LogP contribution in [0.4, 0.5) is 0 Å². The van der Waals surface area contributed by atoms with Gasteiger partial charge in [-0.05, 0) is 89.9 Å². The van der Waals surface area contributed by atoms with Gasteiger partial charge < -0.3 is 39.9 Å². The number of carbonyl (C=O) groups is 1. The molecule has 13 heteroatoms. The molecule has 0 aromatic rings. The molecule has 1 aliphatic rings. The van der Waals surface area contributed by atoms with E-state index in [1.807, 2.05) is 0 Å². The van der Waals surface area contributed by atoms with Gasteiger partial charge in [-0.3, -0.25) is 13.8 Å². The van der Waals surface area contributed by atoms with Gasteiger partial charge in [-0.15, -0.1) is 0 Å². The maximum Gasteiger partial charge on any atom is 0.472 e. The average molecular weight is 921 g/mol. The molecule has 1 rings (SSSR count). The monoisotopic (exact) mass is 921 g/mol. The zero-order valence-electron chi connectivity index (χ0n) is 39.0. The van der Waals surface area contributed by atoms with Crippen LogP contribution in [-0.2, 0) is 27.9 Å². The standard InChI is InChI=1S/C51H85O12P/c1-3-5-7-9-11-13-15-17-19-20-21-22-23-24-25-27-29-31-33-35-37-39-41-60-42-44(43-61-64(58,59)63-51-49(56)47(54)46(53)48(55)50(51)57)62-45(52)40-38-36-34-32-30-28-26-18-16-14-12-10-8-6-4-2/h5-8,11-14,17-19,21-22,26,30,32,44,46-51,53-57H,3-4,9-10,15-16,20,23-25,27-29,31,33-43H2,1-2H3,(H,58,59)/b7-5-,8-6-,13-11-,14-12-,19-17-,22-21-,26-18-,32-30-. The molecule has 1 fully saturated rings. The van der Waals surface area contributed by atoms with Crippen molar-refractivity contribution in [2.75, 3.05) is 19.8 Å². The Balaban J connectivity index is 2.39. The molecule has 0 bridgehead atoms. The second kappa shape index (κ2) is 40.5. The lowest BCUT2D eigenvalue weighted by Gasteiger charge is -2.41. The lowest BCUT2D eigenvalue weighted by atomic mass is 9.85. The zero-order chi connectivity index (χ0) is 46.9. The SMILES string of the molecule is CC/C=C\C/C=C\C/C=C\C/C=C\CCCCCCCCCCCOCC(COP(=O)(O)OC1C(O)C(O)C(O)C(O)C1O)OC(=O)CCCC/C=C\C/C=C\C/C=C\C/C=C\CC. The van der Waals surface area contributed by atoms with E-state index in [4.69, 9.17) is 18.5 Å². The maximum atomic E-state index is 12.8. The Morgan fingerprint density at radius 3 is 1.33 bits per heavy atom. The summed E-state index contributed by atoms with van der Waals surface area (Å²) in [4.78, 5) is 23.2. The summed E-state index contributed by atoms with van der Waals surface area (Å²) < 4.78 is 34.2. The van der Waals surface area contributed by atoms with Crippen LogP contribution < -0.4 is 0 Å². The number of phosphoric acid groups is 1. The average Bonchev–Trinajstić information content (AvgIpc) is 3.28. The fraction of sp³-hybridized carbons (Fsp3) is 0.667. The Morgan fingerprint density at radius 1 is 0.500 bits per heavy atom. The summed E-state index contributed by atoms with van der Waals surface area (Å²) in [5.74, 6) is -0.524. The van der Waals surface area contributed by atoms with Crippen LogP contribution in [-0.4, -0.2) is 98.9 Å². The van der Waals surface area contributed by atoms with Gasteiger partial charge >= 0.3 is 13.8 Å². The number of unbranched alkanes of at least 4 members (excludes halogenated alkanes) is 11. The molecule has 6 unspecified atom stereocenters. The Labute approximate surface area is 385 Å². The lowest BCUT2D eigenvalue weighted by molar-refractivity contribution is -0.220. The highest BCUT2D eigenvalue weighted by Crippen LogP contribution is 2.47. The van der Waals surface area contributed by atoms with Crippen molar-refractivity contribution in [3.05, 3.63) is 97.2 Å². The third kappa shape index (κ3) is 32.0. The normalized spacial score (nSPS) is 22.6. The second-order valence-corrected chi connectivity index (χ2v) is 17.6. The Morgan fingerprint density at radius 2 is 0.875 bits per heavy atom. The predicted molar refractivity (Wildman–Crippen MR) is 257 cm³/mol. The van der Waals surface area contributed by atoms with E-state index in [0.29, 0.717) is 13.0 Å². The van der Waals surface area contributed by atoms with Gasteiger partial charge in [0.1, 0.15) is 42.7 Å². The Kier molecular flexibility index (Phi) is 37.5. The van der Waals surface area contributed by atoms with Crippen molar-refractivity contribution < 1.29 is 58.3 Å². The molecule has 0 aromatic carbocycles. The van der Waals surface area contributed by atoms with Crippen LogP contribution in [0.3, 0.4) is 0 Å². The summed E-state index contributed by atoms with van der Waals surface area (Å²) in [6.07, 6.45) is 43.3. The van der Waals surface area contributed by atoms with E-state index in [9.17, 15) is 39.8 Å². The molecule has 1 saturated carbocycles. The highest BCUT2D eigenvalue weighted by molar-refractivity contribution is 7.47. The van der Waals surface area contributed by atoms with Gasteiger partial charge in [-0.2, -0.15) is 0 Å². The van der Waals surface area contributed by atoms with Crippen molar-refractivity contribution in [3.63, 3.8) is 0 Å². The summed E-state index contributed by atoms with van der Waals surface area (Å²) >= 11 is 0. The number of hydrogen-bond donors (Lipinski definition) is 6. The summed E-state index contributed by atoms with van der Waals surface area (Å²) in [6, 6.07) is 0. The van der Waals surface area contributed by atoms with Crippen LogP contribution >= 0.6 is 7.82 Å². The number of rotatable bonds is 39. The zero-order valence-corrected chi connectivity index (χ0v) is 39.9. The van der Waals surface area contributed by atoms with Crippen LogP contribution in [0.25, 0.3) is 0 Å². The maximum absolute atomic E-state index is 12.8. The lowest BCUT2D eigenvalue weighted by Crippen LogP contribution is -2.64. The van der Waals surface area contributed by atoms with Crippen molar-refractivity contribution in [1.29, 1.82) is 0 Å².